The van der Waals surface area contributed by atoms with Crippen LogP contribution in [0.15, 0.2) is 36.9 Å². The van der Waals surface area contributed by atoms with E-state index in [0.717, 1.165) is 25.7 Å². The fourth-order valence-corrected chi connectivity index (χ4v) is 2.00. The first kappa shape index (κ1) is 12.8. The summed E-state index contributed by atoms with van der Waals surface area (Å²) in [6, 6.07) is 4.35. The maximum absolute atomic E-state index is 6.13. The summed E-state index contributed by atoms with van der Waals surface area (Å²) in [5.41, 5.74) is 8.70. The minimum atomic E-state index is 0.248. The van der Waals surface area contributed by atoms with Crippen LogP contribution in [0.1, 0.15) is 24.0 Å². The Morgan fingerprint density at radius 1 is 1.17 bits per heavy atom. The summed E-state index contributed by atoms with van der Waals surface area (Å²) < 4.78 is 1.83. The number of hydrogen-bond acceptors (Lipinski definition) is 3. The lowest BCUT2D eigenvalue weighted by Crippen LogP contribution is -2.21. The summed E-state index contributed by atoms with van der Waals surface area (Å²) in [5, 5.41) is 4.16. The van der Waals surface area contributed by atoms with Crippen LogP contribution in [0.25, 0.3) is 0 Å². The highest BCUT2D eigenvalue weighted by Crippen LogP contribution is 2.08. The molecule has 0 aliphatic heterocycles. The molecule has 0 aromatic carbocycles. The van der Waals surface area contributed by atoms with E-state index in [4.69, 9.17) is 5.73 Å². The van der Waals surface area contributed by atoms with Crippen LogP contribution in [-0.4, -0.2) is 20.8 Å². The second kappa shape index (κ2) is 6.31. The molecular formula is C14H20N4. The van der Waals surface area contributed by atoms with Crippen LogP contribution in [0.4, 0.5) is 0 Å². The molecule has 0 radical (unpaired) electrons. The molecule has 96 valence electrons. The summed E-state index contributed by atoms with van der Waals surface area (Å²) in [6.45, 7) is 0. The first-order valence-electron chi connectivity index (χ1n) is 6.36. The zero-order chi connectivity index (χ0) is 12.8. The Labute approximate surface area is 108 Å². The second-order valence-corrected chi connectivity index (χ2v) is 4.72. The zero-order valence-corrected chi connectivity index (χ0v) is 10.8. The van der Waals surface area contributed by atoms with Crippen LogP contribution in [-0.2, 0) is 19.9 Å². The van der Waals surface area contributed by atoms with Gasteiger partial charge in [-0.1, -0.05) is 0 Å². The summed E-state index contributed by atoms with van der Waals surface area (Å²) >= 11 is 0. The van der Waals surface area contributed by atoms with Gasteiger partial charge in [0.15, 0.2) is 0 Å². The Kier molecular flexibility index (Phi) is 4.47. The van der Waals surface area contributed by atoms with E-state index in [0.29, 0.717) is 0 Å². The van der Waals surface area contributed by atoms with Gasteiger partial charge in [0.2, 0.25) is 0 Å². The smallest absolute Gasteiger partial charge is 0.0521 e. The number of nitrogens with zero attached hydrogens (tertiary/aromatic N) is 3. The van der Waals surface area contributed by atoms with Gasteiger partial charge in [-0.05, 0) is 48.9 Å². The molecule has 0 saturated heterocycles. The van der Waals surface area contributed by atoms with Crippen LogP contribution in [0.5, 0.6) is 0 Å². The van der Waals surface area contributed by atoms with Crippen molar-refractivity contribution in [2.24, 2.45) is 12.8 Å². The minimum Gasteiger partial charge on any atom is -0.328 e. The summed E-state index contributed by atoms with van der Waals surface area (Å²) in [4.78, 5) is 4.01. The van der Waals surface area contributed by atoms with Crippen molar-refractivity contribution in [3.63, 3.8) is 0 Å². The van der Waals surface area contributed by atoms with Gasteiger partial charge in [-0.15, -0.1) is 0 Å². The molecule has 0 amide bonds. The van der Waals surface area contributed by atoms with E-state index in [1.54, 1.807) is 0 Å². The Bertz CT molecular complexity index is 464. The standard InChI is InChI=1S/C14H20N4/c1-18-11-13(10-17-18)3-5-14(15)4-2-12-6-8-16-9-7-12/h6-11,14H,2-5,15H2,1H3. The van der Waals surface area contributed by atoms with Crippen LogP contribution >= 0.6 is 0 Å². The molecule has 0 aliphatic rings. The van der Waals surface area contributed by atoms with E-state index in [-0.39, 0.29) is 6.04 Å². The molecule has 4 heteroatoms. The van der Waals surface area contributed by atoms with Gasteiger partial charge in [-0.2, -0.15) is 5.10 Å². The Morgan fingerprint density at radius 3 is 2.44 bits per heavy atom. The largest absolute Gasteiger partial charge is 0.328 e. The van der Waals surface area contributed by atoms with Crippen LogP contribution in [0, 0.1) is 0 Å². The van der Waals surface area contributed by atoms with Crippen LogP contribution in [0.3, 0.4) is 0 Å². The monoisotopic (exact) mass is 244 g/mol. The molecule has 0 bridgehead atoms. The lowest BCUT2D eigenvalue weighted by molar-refractivity contribution is 0.568. The highest BCUT2D eigenvalue weighted by atomic mass is 15.2. The quantitative estimate of drug-likeness (QED) is 0.841. The van der Waals surface area contributed by atoms with Gasteiger partial charge in [0.1, 0.15) is 0 Å². The Balaban J connectivity index is 1.71. The van der Waals surface area contributed by atoms with E-state index in [1.807, 2.05) is 42.5 Å². The van der Waals surface area contributed by atoms with Gasteiger partial charge in [0, 0.05) is 31.7 Å². The van der Waals surface area contributed by atoms with Gasteiger partial charge in [-0.3, -0.25) is 9.67 Å². The zero-order valence-electron chi connectivity index (χ0n) is 10.8. The molecule has 2 aromatic heterocycles. The fourth-order valence-electron chi connectivity index (χ4n) is 2.00. The molecule has 2 rings (SSSR count). The van der Waals surface area contributed by atoms with Crippen LogP contribution in [0.2, 0.25) is 0 Å². The molecule has 18 heavy (non-hydrogen) atoms. The molecule has 4 nitrogen and oxygen atoms in total. The average Bonchev–Trinajstić information content (AvgIpc) is 2.81. The summed E-state index contributed by atoms with van der Waals surface area (Å²) in [7, 11) is 1.94. The minimum absolute atomic E-state index is 0.248. The Hall–Kier alpha value is -1.68. The lowest BCUT2D eigenvalue weighted by atomic mass is 10.0. The number of aromatic nitrogens is 3. The molecule has 2 aromatic rings. The SMILES string of the molecule is Cn1cc(CCC(N)CCc2ccncc2)cn1. The van der Waals surface area contributed by atoms with Gasteiger partial charge in [0.25, 0.3) is 0 Å². The van der Waals surface area contributed by atoms with E-state index < -0.39 is 0 Å². The topological polar surface area (TPSA) is 56.7 Å². The first-order chi connectivity index (χ1) is 8.74. The maximum atomic E-state index is 6.13. The first-order valence-corrected chi connectivity index (χ1v) is 6.36. The molecule has 0 spiro atoms. The normalized spacial score (nSPS) is 12.6. The van der Waals surface area contributed by atoms with Crippen molar-refractivity contribution < 1.29 is 0 Å². The van der Waals surface area contributed by atoms with E-state index in [1.165, 1.54) is 11.1 Å². The summed E-state index contributed by atoms with van der Waals surface area (Å²) in [6.07, 6.45) is 11.7. The van der Waals surface area contributed by atoms with Crippen LogP contribution < -0.4 is 5.73 Å². The number of aryl methyl sites for hydroxylation is 3. The predicted octanol–water partition coefficient (Wildman–Crippen LogP) is 1.71. The molecule has 2 N–H and O–H groups in total. The number of hydrogen-bond donors (Lipinski definition) is 1. The highest BCUT2D eigenvalue weighted by Gasteiger charge is 2.05. The molecular weight excluding hydrogens is 224 g/mol. The van der Waals surface area contributed by atoms with Crippen molar-refractivity contribution in [3.8, 4) is 0 Å². The molecule has 1 atom stereocenters. The fraction of sp³-hybridized carbons (Fsp3) is 0.429. The van der Waals surface area contributed by atoms with E-state index >= 15 is 0 Å². The molecule has 1 unspecified atom stereocenters. The number of nitrogens with two attached hydrogens (primary N) is 1. The maximum Gasteiger partial charge on any atom is 0.0521 e. The third kappa shape index (κ3) is 3.96. The Morgan fingerprint density at radius 2 is 1.83 bits per heavy atom. The second-order valence-electron chi connectivity index (χ2n) is 4.72. The summed E-state index contributed by atoms with van der Waals surface area (Å²) in [5.74, 6) is 0. The molecule has 0 saturated carbocycles. The van der Waals surface area contributed by atoms with E-state index in [9.17, 15) is 0 Å². The predicted molar refractivity (Wildman–Crippen MR) is 72.1 cm³/mol. The van der Waals surface area contributed by atoms with Crippen molar-refractivity contribution in [3.05, 3.63) is 48.0 Å². The van der Waals surface area contributed by atoms with Crippen molar-refractivity contribution in [2.45, 2.75) is 31.7 Å². The third-order valence-electron chi connectivity index (χ3n) is 3.12. The molecule has 0 fully saturated rings. The molecule has 2 heterocycles. The highest BCUT2D eigenvalue weighted by molar-refractivity contribution is 5.10. The van der Waals surface area contributed by atoms with Crippen molar-refractivity contribution in [2.75, 3.05) is 0 Å². The lowest BCUT2D eigenvalue weighted by Gasteiger charge is -2.10. The number of pyridine rings is 1. The van der Waals surface area contributed by atoms with Gasteiger partial charge in [-0.25, -0.2) is 0 Å². The van der Waals surface area contributed by atoms with Gasteiger partial charge >= 0.3 is 0 Å². The van der Waals surface area contributed by atoms with Crippen molar-refractivity contribution in [1.82, 2.24) is 14.8 Å². The van der Waals surface area contributed by atoms with Gasteiger partial charge < -0.3 is 5.73 Å². The molecule has 0 aliphatic carbocycles. The van der Waals surface area contributed by atoms with Crippen molar-refractivity contribution >= 4 is 0 Å². The van der Waals surface area contributed by atoms with Gasteiger partial charge in [0.05, 0.1) is 6.20 Å². The third-order valence-corrected chi connectivity index (χ3v) is 3.12. The number of rotatable bonds is 6. The van der Waals surface area contributed by atoms with E-state index in [2.05, 4.69) is 16.3 Å². The average molecular weight is 244 g/mol. The van der Waals surface area contributed by atoms with Crippen molar-refractivity contribution in [1.29, 1.82) is 0 Å².